The van der Waals surface area contributed by atoms with Gasteiger partial charge in [-0.3, -0.25) is 0 Å². The van der Waals surface area contributed by atoms with Crippen LogP contribution in [0.25, 0.3) is 0 Å². The van der Waals surface area contributed by atoms with E-state index < -0.39 is 0 Å². The van der Waals surface area contributed by atoms with Gasteiger partial charge in [-0.1, -0.05) is 6.58 Å². The molecular weight excluding hydrogens is 184 g/mol. The molecule has 0 saturated carbocycles. The van der Waals surface area contributed by atoms with Crippen LogP contribution >= 0.6 is 11.8 Å². The zero-order valence-corrected chi connectivity index (χ0v) is 8.60. The molecule has 0 spiro atoms. The van der Waals surface area contributed by atoms with Crippen molar-refractivity contribution < 1.29 is 9.53 Å². The minimum atomic E-state index is -0.350. The topological polar surface area (TPSA) is 26.3 Å². The number of esters is 1. The molecule has 1 atom stereocenters. The molecule has 0 radical (unpaired) electrons. The van der Waals surface area contributed by atoms with E-state index in [4.69, 9.17) is 4.74 Å². The van der Waals surface area contributed by atoms with Gasteiger partial charge in [0.15, 0.2) is 0 Å². The van der Waals surface area contributed by atoms with Crippen molar-refractivity contribution in [2.24, 2.45) is 0 Å². The highest BCUT2D eigenvalue weighted by molar-refractivity contribution is 8.01. The summed E-state index contributed by atoms with van der Waals surface area (Å²) in [5.41, 5.74) is 0.433. The Morgan fingerprint density at radius 1 is 1.77 bits per heavy atom. The molecule has 1 heterocycles. The number of hydrogen-bond acceptors (Lipinski definition) is 3. The normalized spacial score (nSPS) is 21.2. The summed E-state index contributed by atoms with van der Waals surface area (Å²) in [5.74, 6) is 0.918. The molecule has 0 aliphatic carbocycles. The number of carbonyl (C=O) groups excluding carboxylic acids is 1. The summed E-state index contributed by atoms with van der Waals surface area (Å²) in [7, 11) is 0. The highest BCUT2D eigenvalue weighted by Gasteiger charge is 2.15. The third-order valence-corrected chi connectivity index (χ3v) is 3.18. The van der Waals surface area contributed by atoms with E-state index in [-0.39, 0.29) is 5.97 Å². The van der Waals surface area contributed by atoms with Crippen LogP contribution in [-0.2, 0) is 9.53 Å². The van der Waals surface area contributed by atoms with Crippen LogP contribution in [0.15, 0.2) is 24.5 Å². The van der Waals surface area contributed by atoms with Crippen LogP contribution < -0.4 is 0 Å². The summed E-state index contributed by atoms with van der Waals surface area (Å²) in [5, 5.41) is 0.736. The zero-order chi connectivity index (χ0) is 9.68. The van der Waals surface area contributed by atoms with Crippen LogP contribution in [-0.4, -0.2) is 17.0 Å². The summed E-state index contributed by atoms with van der Waals surface area (Å²) in [6, 6.07) is 0. The lowest BCUT2D eigenvalue weighted by atomic mass is 10.2. The smallest absolute Gasteiger partial charge is 0.337 e. The van der Waals surface area contributed by atoms with E-state index in [1.165, 1.54) is 18.4 Å². The highest BCUT2D eigenvalue weighted by Crippen LogP contribution is 2.30. The maximum atomic E-state index is 10.9. The van der Waals surface area contributed by atoms with Crippen molar-refractivity contribution >= 4 is 17.7 Å². The molecule has 1 fully saturated rings. The molecule has 1 aliphatic rings. The Morgan fingerprint density at radius 3 is 2.92 bits per heavy atom. The van der Waals surface area contributed by atoms with E-state index in [1.807, 2.05) is 17.8 Å². The van der Waals surface area contributed by atoms with Crippen LogP contribution in [0.5, 0.6) is 0 Å². The lowest BCUT2D eigenvalue weighted by Gasteiger charge is -2.22. The Morgan fingerprint density at radius 2 is 2.46 bits per heavy atom. The van der Waals surface area contributed by atoms with Crippen molar-refractivity contribution in [3.8, 4) is 0 Å². The third-order valence-electron chi connectivity index (χ3n) is 1.81. The third kappa shape index (κ3) is 3.68. The summed E-state index contributed by atoms with van der Waals surface area (Å²) in [6.07, 6.45) is 5.64. The van der Waals surface area contributed by atoms with Gasteiger partial charge in [0, 0.05) is 10.8 Å². The van der Waals surface area contributed by atoms with E-state index in [0.29, 0.717) is 5.57 Å². The maximum Gasteiger partial charge on any atom is 0.337 e. The molecular formula is C10H14O2S. The van der Waals surface area contributed by atoms with Crippen molar-refractivity contribution in [2.45, 2.75) is 25.0 Å². The zero-order valence-electron chi connectivity index (χ0n) is 7.79. The molecule has 0 amide bonds. The molecule has 1 saturated heterocycles. The summed E-state index contributed by atoms with van der Waals surface area (Å²) in [4.78, 5) is 10.9. The molecule has 0 bridgehead atoms. The van der Waals surface area contributed by atoms with Crippen LogP contribution in [0.2, 0.25) is 0 Å². The van der Waals surface area contributed by atoms with Gasteiger partial charge in [0.25, 0.3) is 0 Å². The number of ether oxygens (including phenoxy) is 1. The largest absolute Gasteiger partial charge is 0.431 e. The average Bonchev–Trinajstić information content (AvgIpc) is 2.00. The van der Waals surface area contributed by atoms with Gasteiger partial charge in [-0.15, -0.1) is 0 Å². The number of allylic oxidation sites excluding steroid dienone is 1. The Hall–Kier alpha value is -0.700. The fraction of sp³-hybridized carbons (Fsp3) is 0.500. The van der Waals surface area contributed by atoms with Crippen LogP contribution in [0.4, 0.5) is 0 Å². The van der Waals surface area contributed by atoms with Gasteiger partial charge in [-0.25, -0.2) is 4.79 Å². The lowest BCUT2D eigenvalue weighted by molar-refractivity contribution is -0.133. The number of carbonyl (C=O) groups is 1. The Balaban J connectivity index is 2.10. The van der Waals surface area contributed by atoms with Gasteiger partial charge in [-0.05, 0) is 31.6 Å². The second kappa shape index (κ2) is 5.12. The molecule has 3 heteroatoms. The van der Waals surface area contributed by atoms with Crippen molar-refractivity contribution in [2.75, 3.05) is 5.75 Å². The first-order chi connectivity index (χ1) is 6.20. The van der Waals surface area contributed by atoms with Gasteiger partial charge in [0.1, 0.15) is 0 Å². The Bertz CT molecular complexity index is 229. The molecule has 1 unspecified atom stereocenters. The quantitative estimate of drug-likeness (QED) is 0.394. The van der Waals surface area contributed by atoms with E-state index in [1.54, 1.807) is 6.92 Å². The number of hydrogen-bond donors (Lipinski definition) is 0. The predicted octanol–water partition coefficient (Wildman–Crippen LogP) is 2.52. The minimum absolute atomic E-state index is 0.350. The summed E-state index contributed by atoms with van der Waals surface area (Å²) < 4.78 is 4.79. The Kier molecular flexibility index (Phi) is 4.09. The molecule has 0 aromatic rings. The van der Waals surface area contributed by atoms with Gasteiger partial charge >= 0.3 is 5.97 Å². The average molecular weight is 198 g/mol. The first-order valence-corrected chi connectivity index (χ1v) is 5.38. The molecule has 13 heavy (non-hydrogen) atoms. The maximum absolute atomic E-state index is 10.9. The van der Waals surface area contributed by atoms with Crippen molar-refractivity contribution in [3.63, 3.8) is 0 Å². The van der Waals surface area contributed by atoms with Crippen molar-refractivity contribution in [1.82, 2.24) is 0 Å². The molecule has 0 N–H and O–H groups in total. The first kappa shape index (κ1) is 10.4. The molecule has 1 aliphatic heterocycles. The molecule has 72 valence electrons. The van der Waals surface area contributed by atoms with Gasteiger partial charge in [-0.2, -0.15) is 11.8 Å². The molecule has 0 aromatic carbocycles. The Labute approximate surface area is 83.0 Å². The van der Waals surface area contributed by atoms with Crippen molar-refractivity contribution in [3.05, 3.63) is 24.5 Å². The van der Waals surface area contributed by atoms with E-state index in [2.05, 4.69) is 6.58 Å². The number of thioether (sulfide) groups is 1. The second-order valence-electron chi connectivity index (χ2n) is 3.07. The van der Waals surface area contributed by atoms with E-state index in [0.717, 1.165) is 11.7 Å². The monoisotopic (exact) mass is 198 g/mol. The SMILES string of the molecule is C=C(C)C(=O)OC=CCC1CCS1. The van der Waals surface area contributed by atoms with Gasteiger partial charge in [0.2, 0.25) is 0 Å². The minimum Gasteiger partial charge on any atom is -0.431 e. The lowest BCUT2D eigenvalue weighted by Crippen LogP contribution is -2.13. The van der Waals surface area contributed by atoms with Gasteiger partial charge in [0.05, 0.1) is 6.26 Å². The standard InChI is InChI=1S/C10H14O2S/c1-8(2)10(11)12-6-3-4-9-5-7-13-9/h3,6,9H,1,4-5,7H2,2H3. The first-order valence-electron chi connectivity index (χ1n) is 4.33. The molecule has 0 aromatic heterocycles. The van der Waals surface area contributed by atoms with Crippen LogP contribution in [0.3, 0.4) is 0 Å². The fourth-order valence-corrected chi connectivity index (χ4v) is 1.70. The summed E-state index contributed by atoms with van der Waals surface area (Å²) in [6.45, 7) is 5.12. The molecule has 1 rings (SSSR count). The summed E-state index contributed by atoms with van der Waals surface area (Å²) >= 11 is 1.96. The predicted molar refractivity (Wildman–Crippen MR) is 55.5 cm³/mol. The van der Waals surface area contributed by atoms with Crippen LogP contribution in [0.1, 0.15) is 19.8 Å². The molecule has 2 nitrogen and oxygen atoms in total. The van der Waals surface area contributed by atoms with Crippen LogP contribution in [0, 0.1) is 0 Å². The van der Waals surface area contributed by atoms with Gasteiger partial charge < -0.3 is 4.74 Å². The van der Waals surface area contributed by atoms with E-state index >= 15 is 0 Å². The second-order valence-corrected chi connectivity index (χ2v) is 4.48. The van der Waals surface area contributed by atoms with E-state index in [9.17, 15) is 4.79 Å². The highest BCUT2D eigenvalue weighted by atomic mass is 32.2. The fourth-order valence-electron chi connectivity index (χ4n) is 0.888. The number of rotatable bonds is 4. The van der Waals surface area contributed by atoms with Crippen molar-refractivity contribution in [1.29, 1.82) is 0 Å².